The van der Waals surface area contributed by atoms with Gasteiger partial charge in [-0.2, -0.15) is 9.61 Å². The normalized spacial score (nSPS) is 14.2. The molecule has 2 N–H and O–H groups in total. The van der Waals surface area contributed by atoms with Crippen molar-refractivity contribution in [2.45, 2.75) is 26.2 Å². The molecule has 7 nitrogen and oxygen atoms in total. The first-order valence-electron chi connectivity index (χ1n) is 9.03. The number of nitrogens with one attached hydrogen (secondary N) is 2. The van der Waals surface area contributed by atoms with Gasteiger partial charge >= 0.3 is 0 Å². The number of hydrogen-bond acceptors (Lipinski definition) is 6. The Kier molecular flexibility index (Phi) is 4.47. The maximum Gasteiger partial charge on any atom is 0.185 e. The Hall–Kier alpha value is -3.03. The molecule has 0 radical (unpaired) electrons. The highest BCUT2D eigenvalue weighted by atomic mass is 19.1. The van der Waals surface area contributed by atoms with Gasteiger partial charge in [-0.05, 0) is 12.3 Å². The van der Waals surface area contributed by atoms with Crippen molar-refractivity contribution < 1.29 is 13.9 Å². The van der Waals surface area contributed by atoms with E-state index in [1.54, 1.807) is 4.52 Å². The maximum absolute atomic E-state index is 14.0. The molecule has 8 heteroatoms. The predicted octanol–water partition coefficient (Wildman–Crippen LogP) is 3.94. The summed E-state index contributed by atoms with van der Waals surface area (Å²) in [7, 11) is 1.82. The lowest BCUT2D eigenvalue weighted by Gasteiger charge is -2.21. The van der Waals surface area contributed by atoms with E-state index in [2.05, 4.69) is 29.6 Å². The van der Waals surface area contributed by atoms with Gasteiger partial charge in [-0.3, -0.25) is 0 Å². The van der Waals surface area contributed by atoms with Crippen molar-refractivity contribution >= 4 is 23.0 Å². The first-order chi connectivity index (χ1) is 13.1. The van der Waals surface area contributed by atoms with Crippen LogP contribution >= 0.6 is 0 Å². The minimum Gasteiger partial charge on any atom is -0.486 e. The summed E-state index contributed by atoms with van der Waals surface area (Å²) in [5, 5.41) is 10.8. The number of anilines is 3. The molecular weight excluding hydrogens is 349 g/mol. The second-order valence-corrected chi connectivity index (χ2v) is 6.52. The van der Waals surface area contributed by atoms with Crippen LogP contribution in [0.3, 0.4) is 0 Å². The van der Waals surface area contributed by atoms with Crippen molar-refractivity contribution in [1.29, 1.82) is 0 Å². The van der Waals surface area contributed by atoms with Gasteiger partial charge in [-0.25, -0.2) is 9.37 Å². The topological polar surface area (TPSA) is 72.7 Å². The highest BCUT2D eigenvalue weighted by molar-refractivity contribution is 5.72. The van der Waals surface area contributed by atoms with Gasteiger partial charge in [0.05, 0.1) is 11.9 Å². The third kappa shape index (κ3) is 3.11. The number of hydrogen-bond donors (Lipinski definition) is 2. The van der Waals surface area contributed by atoms with E-state index in [9.17, 15) is 4.39 Å². The zero-order chi connectivity index (χ0) is 19.0. The van der Waals surface area contributed by atoms with Crippen LogP contribution in [0.15, 0.2) is 24.4 Å². The van der Waals surface area contributed by atoms with Crippen molar-refractivity contribution in [3.05, 3.63) is 35.8 Å². The van der Waals surface area contributed by atoms with Gasteiger partial charge in [0, 0.05) is 30.8 Å². The number of aromatic nitrogens is 3. The summed E-state index contributed by atoms with van der Waals surface area (Å²) in [6.07, 6.45) is 2.83. The molecule has 4 rings (SSSR count). The minimum atomic E-state index is -0.402. The molecule has 0 amide bonds. The van der Waals surface area contributed by atoms with Gasteiger partial charge in [0.2, 0.25) is 0 Å². The Bertz CT molecular complexity index is 988. The van der Waals surface area contributed by atoms with E-state index >= 15 is 0 Å². The molecule has 3 aromatic rings. The van der Waals surface area contributed by atoms with E-state index in [-0.39, 0.29) is 0 Å². The van der Waals surface area contributed by atoms with E-state index in [0.717, 1.165) is 23.4 Å². The molecule has 0 fully saturated rings. The van der Waals surface area contributed by atoms with Gasteiger partial charge in [0.25, 0.3) is 0 Å². The zero-order valence-electron chi connectivity index (χ0n) is 15.5. The van der Waals surface area contributed by atoms with Crippen LogP contribution in [-0.2, 0) is 0 Å². The largest absolute Gasteiger partial charge is 0.486 e. The lowest BCUT2D eigenvalue weighted by molar-refractivity contribution is 0.172. The molecule has 142 valence electrons. The summed E-state index contributed by atoms with van der Waals surface area (Å²) in [6.45, 7) is 5.10. The Morgan fingerprint density at radius 3 is 2.85 bits per heavy atom. The van der Waals surface area contributed by atoms with Crippen LogP contribution in [0.5, 0.6) is 11.5 Å². The number of fused-ring (bicyclic) bond motifs is 2. The third-order valence-corrected chi connectivity index (χ3v) is 4.77. The summed E-state index contributed by atoms with van der Waals surface area (Å²) < 4.78 is 26.9. The summed E-state index contributed by atoms with van der Waals surface area (Å²) in [4.78, 5) is 4.72. The van der Waals surface area contributed by atoms with Gasteiger partial charge in [0.1, 0.15) is 30.7 Å². The Labute approximate surface area is 156 Å². The first-order valence-corrected chi connectivity index (χ1v) is 9.03. The van der Waals surface area contributed by atoms with Crippen LogP contribution in [0, 0.1) is 5.82 Å². The summed E-state index contributed by atoms with van der Waals surface area (Å²) in [5.41, 5.74) is 2.31. The van der Waals surface area contributed by atoms with Crippen LogP contribution in [0.2, 0.25) is 0 Å². The van der Waals surface area contributed by atoms with Gasteiger partial charge in [-0.15, -0.1) is 0 Å². The van der Waals surface area contributed by atoms with Gasteiger partial charge in [-0.1, -0.05) is 13.8 Å². The number of rotatable bonds is 5. The van der Waals surface area contributed by atoms with Crippen LogP contribution in [-0.4, -0.2) is 34.9 Å². The number of nitrogens with zero attached hydrogens (tertiary/aromatic N) is 3. The Morgan fingerprint density at radius 2 is 2.07 bits per heavy atom. The van der Waals surface area contributed by atoms with Crippen molar-refractivity contribution in [3.63, 3.8) is 0 Å². The molecule has 1 unspecified atom stereocenters. The minimum absolute atomic E-state index is 0.327. The van der Waals surface area contributed by atoms with E-state index in [1.807, 2.05) is 19.3 Å². The second kappa shape index (κ2) is 6.94. The molecule has 3 heterocycles. The second-order valence-electron chi connectivity index (χ2n) is 6.52. The van der Waals surface area contributed by atoms with Gasteiger partial charge in [0.15, 0.2) is 17.1 Å². The lowest BCUT2D eigenvalue weighted by atomic mass is 10.0. The fraction of sp³-hybridized carbons (Fsp3) is 0.368. The highest BCUT2D eigenvalue weighted by Gasteiger charge is 2.20. The summed E-state index contributed by atoms with van der Waals surface area (Å²) in [5.74, 6) is 2.16. The zero-order valence-corrected chi connectivity index (χ0v) is 15.5. The molecule has 1 aliphatic rings. The van der Waals surface area contributed by atoms with E-state index in [0.29, 0.717) is 42.1 Å². The average molecular weight is 371 g/mol. The summed E-state index contributed by atoms with van der Waals surface area (Å²) in [6, 6.07) is 4.53. The van der Waals surface area contributed by atoms with Crippen LogP contribution in [0.1, 0.15) is 31.7 Å². The maximum atomic E-state index is 14.0. The van der Waals surface area contributed by atoms with E-state index in [1.165, 1.54) is 12.1 Å². The molecule has 0 aliphatic carbocycles. The van der Waals surface area contributed by atoms with Crippen molar-refractivity contribution in [1.82, 2.24) is 14.6 Å². The van der Waals surface area contributed by atoms with Crippen molar-refractivity contribution in [2.24, 2.45) is 0 Å². The SMILES string of the molecule is CCC(C)c1cnn2c(NC)cc(Nc3cc(F)cc4c3OCCO4)nc12. The van der Waals surface area contributed by atoms with Crippen LogP contribution in [0.4, 0.5) is 21.7 Å². The molecule has 2 aromatic heterocycles. The fourth-order valence-electron chi connectivity index (χ4n) is 3.14. The molecule has 0 bridgehead atoms. The molecule has 0 spiro atoms. The van der Waals surface area contributed by atoms with Crippen molar-refractivity contribution in [2.75, 3.05) is 30.9 Å². The molecule has 27 heavy (non-hydrogen) atoms. The number of benzene rings is 1. The first kappa shape index (κ1) is 17.4. The van der Waals surface area contributed by atoms with Gasteiger partial charge < -0.3 is 20.1 Å². The van der Waals surface area contributed by atoms with Crippen LogP contribution in [0.25, 0.3) is 5.65 Å². The van der Waals surface area contributed by atoms with Crippen LogP contribution < -0.4 is 20.1 Å². The number of halogens is 1. The molecule has 1 aliphatic heterocycles. The molecule has 0 saturated carbocycles. The molecular formula is C19H22FN5O2. The summed E-state index contributed by atoms with van der Waals surface area (Å²) >= 11 is 0. The molecule has 1 aromatic carbocycles. The fourth-order valence-corrected chi connectivity index (χ4v) is 3.14. The van der Waals surface area contributed by atoms with E-state index in [4.69, 9.17) is 14.5 Å². The number of ether oxygens (including phenoxy) is 2. The smallest absolute Gasteiger partial charge is 0.185 e. The Morgan fingerprint density at radius 1 is 1.26 bits per heavy atom. The predicted molar refractivity (Wildman–Crippen MR) is 102 cm³/mol. The quantitative estimate of drug-likeness (QED) is 0.708. The average Bonchev–Trinajstić information content (AvgIpc) is 3.10. The van der Waals surface area contributed by atoms with Crippen molar-refractivity contribution in [3.8, 4) is 11.5 Å². The third-order valence-electron chi connectivity index (χ3n) is 4.77. The molecule has 0 saturated heterocycles. The standard InChI is InChI=1S/C19H22FN5O2/c1-4-11(2)13-10-22-25-17(21-3)9-16(24-19(13)25)23-14-7-12(20)8-15-18(14)27-6-5-26-15/h7-11,21H,4-6H2,1-3H3,(H,23,24). The monoisotopic (exact) mass is 371 g/mol. The highest BCUT2D eigenvalue weighted by Crippen LogP contribution is 2.40. The molecule has 1 atom stereocenters. The van der Waals surface area contributed by atoms with E-state index < -0.39 is 5.82 Å². The Balaban J connectivity index is 1.80. The lowest BCUT2D eigenvalue weighted by Crippen LogP contribution is -2.16.